The van der Waals surface area contributed by atoms with Gasteiger partial charge in [0.25, 0.3) is 0 Å². The number of primary amides is 1. The van der Waals surface area contributed by atoms with E-state index in [0.717, 1.165) is 6.42 Å². The Balaban J connectivity index is 2.49. The Labute approximate surface area is 55.4 Å². The summed E-state index contributed by atoms with van der Waals surface area (Å²) in [5.41, 5.74) is 5.15. The van der Waals surface area contributed by atoms with Gasteiger partial charge in [-0.15, -0.1) is 0 Å². The van der Waals surface area contributed by atoms with Gasteiger partial charge in [0.2, 0.25) is 5.91 Å². The van der Waals surface area contributed by atoms with Gasteiger partial charge in [0.05, 0.1) is 0 Å². The maximum Gasteiger partial charge on any atom is 0.220 e. The van der Waals surface area contributed by atoms with E-state index in [0.29, 0.717) is 5.92 Å². The normalized spacial score (nSPS) is 34.8. The summed E-state index contributed by atoms with van der Waals surface area (Å²) in [5.74, 6) is 0.590. The first-order valence-electron chi connectivity index (χ1n) is 3.51. The van der Waals surface area contributed by atoms with Gasteiger partial charge in [-0.25, -0.2) is 0 Å². The zero-order valence-electron chi connectivity index (χ0n) is 5.76. The lowest BCUT2D eigenvalue weighted by atomic mass is 9.98. The summed E-state index contributed by atoms with van der Waals surface area (Å²) in [6.07, 6.45) is 3.36. The number of hydrogen-bond acceptors (Lipinski definition) is 1. The first kappa shape index (κ1) is 6.59. The van der Waals surface area contributed by atoms with E-state index in [9.17, 15) is 4.79 Å². The van der Waals surface area contributed by atoms with E-state index < -0.39 is 0 Å². The minimum absolute atomic E-state index is 0.111. The average molecular weight is 127 g/mol. The van der Waals surface area contributed by atoms with Gasteiger partial charge >= 0.3 is 0 Å². The van der Waals surface area contributed by atoms with Gasteiger partial charge < -0.3 is 5.73 Å². The maximum absolute atomic E-state index is 10.6. The van der Waals surface area contributed by atoms with Crippen molar-refractivity contribution in [2.24, 2.45) is 17.6 Å². The predicted molar refractivity (Wildman–Crippen MR) is 35.7 cm³/mol. The summed E-state index contributed by atoms with van der Waals surface area (Å²) in [5, 5.41) is 0. The molecule has 1 amide bonds. The van der Waals surface area contributed by atoms with E-state index in [1.165, 1.54) is 12.8 Å². The lowest BCUT2D eigenvalue weighted by molar-refractivity contribution is -0.122. The van der Waals surface area contributed by atoms with Gasteiger partial charge in [0.1, 0.15) is 0 Å². The molecule has 2 nitrogen and oxygen atoms in total. The first-order valence-corrected chi connectivity index (χ1v) is 3.51. The number of rotatable bonds is 1. The Hall–Kier alpha value is -0.530. The summed E-state index contributed by atoms with van der Waals surface area (Å²) in [6, 6.07) is 0. The van der Waals surface area contributed by atoms with Crippen molar-refractivity contribution in [1.82, 2.24) is 0 Å². The molecule has 0 bridgehead atoms. The minimum atomic E-state index is -0.111. The zero-order valence-corrected chi connectivity index (χ0v) is 5.76. The molecule has 1 saturated carbocycles. The molecule has 2 heteroatoms. The molecule has 1 rings (SSSR count). The van der Waals surface area contributed by atoms with Gasteiger partial charge in [0, 0.05) is 5.92 Å². The van der Waals surface area contributed by atoms with Crippen LogP contribution in [0.25, 0.3) is 0 Å². The third kappa shape index (κ3) is 1.23. The van der Waals surface area contributed by atoms with Crippen molar-refractivity contribution in [2.45, 2.75) is 26.2 Å². The predicted octanol–water partition coefficient (Wildman–Crippen LogP) is 0.908. The van der Waals surface area contributed by atoms with Crippen molar-refractivity contribution in [3.8, 4) is 0 Å². The Morgan fingerprint density at radius 2 is 2.22 bits per heavy atom. The Morgan fingerprint density at radius 3 is 2.44 bits per heavy atom. The number of amides is 1. The van der Waals surface area contributed by atoms with E-state index >= 15 is 0 Å². The molecule has 1 aliphatic carbocycles. The van der Waals surface area contributed by atoms with Crippen LogP contribution in [0.2, 0.25) is 0 Å². The Kier molecular flexibility index (Phi) is 1.74. The average Bonchev–Trinajstić information content (AvgIpc) is 2.13. The highest BCUT2D eigenvalue weighted by molar-refractivity contribution is 5.77. The fraction of sp³-hybridized carbons (Fsp3) is 0.857. The van der Waals surface area contributed by atoms with Gasteiger partial charge in [0.15, 0.2) is 0 Å². The molecule has 0 spiro atoms. The van der Waals surface area contributed by atoms with Crippen molar-refractivity contribution in [2.75, 3.05) is 0 Å². The monoisotopic (exact) mass is 127 g/mol. The van der Waals surface area contributed by atoms with Crippen LogP contribution in [0.15, 0.2) is 0 Å². The van der Waals surface area contributed by atoms with Crippen LogP contribution >= 0.6 is 0 Å². The van der Waals surface area contributed by atoms with Crippen molar-refractivity contribution in [3.63, 3.8) is 0 Å². The van der Waals surface area contributed by atoms with Gasteiger partial charge in [-0.1, -0.05) is 13.3 Å². The highest BCUT2D eigenvalue weighted by Crippen LogP contribution is 2.30. The number of carbonyl (C=O) groups excluding carboxylic acids is 1. The van der Waals surface area contributed by atoms with Crippen LogP contribution in [0.5, 0.6) is 0 Å². The molecule has 2 atom stereocenters. The molecule has 0 radical (unpaired) electrons. The third-order valence-electron chi connectivity index (χ3n) is 2.23. The highest BCUT2D eigenvalue weighted by atomic mass is 16.1. The standard InChI is InChI=1S/C7H13NO/c1-5-3-2-4-6(5)7(8)9/h5-6H,2-4H2,1H3,(H2,8,9)/t5-,6+/m1/s1. The summed E-state index contributed by atoms with van der Waals surface area (Å²) in [4.78, 5) is 10.6. The zero-order chi connectivity index (χ0) is 6.85. The summed E-state index contributed by atoms with van der Waals surface area (Å²) < 4.78 is 0. The maximum atomic E-state index is 10.6. The van der Waals surface area contributed by atoms with Crippen molar-refractivity contribution >= 4 is 5.91 Å². The minimum Gasteiger partial charge on any atom is -0.369 e. The van der Waals surface area contributed by atoms with Gasteiger partial charge in [-0.05, 0) is 18.8 Å². The lowest BCUT2D eigenvalue weighted by Gasteiger charge is -2.08. The van der Waals surface area contributed by atoms with Crippen LogP contribution in [0.4, 0.5) is 0 Å². The fourth-order valence-corrected chi connectivity index (χ4v) is 1.57. The van der Waals surface area contributed by atoms with Crippen molar-refractivity contribution in [3.05, 3.63) is 0 Å². The second-order valence-corrected chi connectivity index (χ2v) is 2.92. The molecule has 52 valence electrons. The summed E-state index contributed by atoms with van der Waals surface area (Å²) >= 11 is 0. The molecule has 1 fully saturated rings. The van der Waals surface area contributed by atoms with Crippen LogP contribution in [0.3, 0.4) is 0 Å². The van der Waals surface area contributed by atoms with E-state index in [-0.39, 0.29) is 11.8 Å². The molecular weight excluding hydrogens is 114 g/mol. The van der Waals surface area contributed by atoms with Crippen LogP contribution in [-0.2, 0) is 4.79 Å². The molecule has 0 heterocycles. The van der Waals surface area contributed by atoms with Gasteiger partial charge in [-0.3, -0.25) is 4.79 Å². The van der Waals surface area contributed by atoms with E-state index in [4.69, 9.17) is 5.73 Å². The topological polar surface area (TPSA) is 43.1 Å². The van der Waals surface area contributed by atoms with Crippen LogP contribution in [0.1, 0.15) is 26.2 Å². The molecular formula is C7H13NO. The largest absolute Gasteiger partial charge is 0.369 e. The lowest BCUT2D eigenvalue weighted by Crippen LogP contribution is -2.24. The molecule has 0 unspecified atom stereocenters. The van der Waals surface area contributed by atoms with Crippen molar-refractivity contribution < 1.29 is 4.79 Å². The Bertz CT molecular complexity index is 122. The third-order valence-corrected chi connectivity index (χ3v) is 2.23. The quantitative estimate of drug-likeness (QED) is 0.559. The molecule has 0 saturated heterocycles. The summed E-state index contributed by atoms with van der Waals surface area (Å²) in [6.45, 7) is 2.10. The SMILES string of the molecule is C[C@@H]1CCC[C@@H]1C(N)=O. The van der Waals surface area contributed by atoms with E-state index in [2.05, 4.69) is 6.92 Å². The van der Waals surface area contributed by atoms with E-state index in [1.807, 2.05) is 0 Å². The van der Waals surface area contributed by atoms with Crippen molar-refractivity contribution in [1.29, 1.82) is 0 Å². The van der Waals surface area contributed by atoms with Crippen LogP contribution in [0, 0.1) is 11.8 Å². The summed E-state index contributed by atoms with van der Waals surface area (Å²) in [7, 11) is 0. The molecule has 0 aromatic rings. The van der Waals surface area contributed by atoms with Crippen LogP contribution in [-0.4, -0.2) is 5.91 Å². The van der Waals surface area contributed by atoms with Crippen LogP contribution < -0.4 is 5.73 Å². The molecule has 0 aromatic carbocycles. The molecule has 1 aliphatic rings. The first-order chi connectivity index (χ1) is 4.22. The molecule has 2 N–H and O–H groups in total. The molecule has 0 aliphatic heterocycles. The van der Waals surface area contributed by atoms with E-state index in [1.54, 1.807) is 0 Å². The number of carbonyl (C=O) groups is 1. The second-order valence-electron chi connectivity index (χ2n) is 2.92. The number of hydrogen-bond donors (Lipinski definition) is 1. The highest BCUT2D eigenvalue weighted by Gasteiger charge is 2.27. The molecule has 9 heavy (non-hydrogen) atoms. The Morgan fingerprint density at radius 1 is 1.56 bits per heavy atom. The second kappa shape index (κ2) is 2.38. The smallest absolute Gasteiger partial charge is 0.220 e. The molecule has 0 aromatic heterocycles. The number of nitrogens with two attached hydrogens (primary N) is 1. The van der Waals surface area contributed by atoms with Gasteiger partial charge in [-0.2, -0.15) is 0 Å². The fourth-order valence-electron chi connectivity index (χ4n) is 1.57.